The molecule has 0 spiro atoms. The van der Waals surface area contributed by atoms with Gasteiger partial charge in [0, 0.05) is 19.1 Å². The summed E-state index contributed by atoms with van der Waals surface area (Å²) >= 11 is 0. The van der Waals surface area contributed by atoms with Crippen LogP contribution in [0.4, 0.5) is 5.82 Å². The van der Waals surface area contributed by atoms with Gasteiger partial charge >= 0.3 is 0 Å². The van der Waals surface area contributed by atoms with E-state index < -0.39 is 0 Å². The van der Waals surface area contributed by atoms with Crippen LogP contribution in [0.2, 0.25) is 0 Å². The van der Waals surface area contributed by atoms with Gasteiger partial charge < -0.3 is 10.1 Å². The van der Waals surface area contributed by atoms with Crippen molar-refractivity contribution in [1.82, 2.24) is 4.98 Å². The van der Waals surface area contributed by atoms with Crippen LogP contribution in [0.25, 0.3) is 0 Å². The van der Waals surface area contributed by atoms with Gasteiger partial charge in [-0.05, 0) is 25.0 Å². The Kier molecular flexibility index (Phi) is 3.94. The number of hydrogen-bond acceptors (Lipinski definition) is 4. The number of pyridine rings is 1. The number of rotatable bonds is 4. The summed E-state index contributed by atoms with van der Waals surface area (Å²) < 4.78 is 5.64. The van der Waals surface area contributed by atoms with Crippen LogP contribution < -0.4 is 5.32 Å². The van der Waals surface area contributed by atoms with E-state index >= 15 is 0 Å². The molecule has 1 saturated heterocycles. The highest BCUT2D eigenvalue weighted by Gasteiger charge is 2.26. The van der Waals surface area contributed by atoms with E-state index in [4.69, 9.17) is 10.00 Å². The second-order valence-electron chi connectivity index (χ2n) is 4.27. The summed E-state index contributed by atoms with van der Waals surface area (Å²) in [6.45, 7) is 3.87. The molecule has 0 saturated carbocycles. The second-order valence-corrected chi connectivity index (χ2v) is 4.27. The summed E-state index contributed by atoms with van der Waals surface area (Å²) in [7, 11) is 0. The van der Waals surface area contributed by atoms with E-state index in [0.29, 0.717) is 17.7 Å². The average Bonchev–Trinajstić information content (AvgIpc) is 2.84. The third-order valence-electron chi connectivity index (χ3n) is 3.16. The van der Waals surface area contributed by atoms with Gasteiger partial charge in [0.25, 0.3) is 0 Å². The standard InChI is InChI=1S/C13H17N3O/c1-2-12-10(6-7-17-12)9-15-13-5-3-4-11(8-14)16-13/h3-5,10,12H,2,6-7,9H2,1H3,(H,15,16). The van der Waals surface area contributed by atoms with Crippen LogP contribution >= 0.6 is 0 Å². The van der Waals surface area contributed by atoms with Gasteiger partial charge in [-0.15, -0.1) is 0 Å². The Bertz CT molecular complexity index is 413. The molecule has 0 aromatic carbocycles. The van der Waals surface area contributed by atoms with Crippen LogP contribution in [0, 0.1) is 17.2 Å². The van der Waals surface area contributed by atoms with Crippen molar-refractivity contribution in [2.75, 3.05) is 18.5 Å². The van der Waals surface area contributed by atoms with E-state index in [0.717, 1.165) is 31.8 Å². The Labute approximate surface area is 102 Å². The van der Waals surface area contributed by atoms with E-state index in [2.05, 4.69) is 17.2 Å². The molecular weight excluding hydrogens is 214 g/mol. The number of anilines is 1. The molecule has 1 aromatic heterocycles. The first-order valence-electron chi connectivity index (χ1n) is 6.06. The molecule has 4 heteroatoms. The van der Waals surface area contributed by atoms with E-state index in [1.54, 1.807) is 6.07 Å². The highest BCUT2D eigenvalue weighted by molar-refractivity contribution is 5.38. The Hall–Kier alpha value is -1.60. The average molecular weight is 231 g/mol. The fourth-order valence-electron chi connectivity index (χ4n) is 2.21. The molecular formula is C13H17N3O. The molecule has 17 heavy (non-hydrogen) atoms. The lowest BCUT2D eigenvalue weighted by atomic mass is 10.00. The van der Waals surface area contributed by atoms with Crippen LogP contribution in [-0.2, 0) is 4.74 Å². The number of nitriles is 1. The highest BCUT2D eigenvalue weighted by Crippen LogP contribution is 2.23. The second kappa shape index (κ2) is 5.65. The molecule has 0 aliphatic carbocycles. The lowest BCUT2D eigenvalue weighted by Crippen LogP contribution is -2.23. The van der Waals surface area contributed by atoms with Crippen molar-refractivity contribution >= 4 is 5.82 Å². The highest BCUT2D eigenvalue weighted by atomic mass is 16.5. The predicted octanol–water partition coefficient (Wildman–Crippen LogP) is 2.18. The van der Waals surface area contributed by atoms with Gasteiger partial charge in [-0.3, -0.25) is 0 Å². The maximum absolute atomic E-state index is 8.76. The third-order valence-corrected chi connectivity index (χ3v) is 3.16. The van der Waals surface area contributed by atoms with Gasteiger partial charge in [0.15, 0.2) is 0 Å². The molecule has 0 amide bonds. The fourth-order valence-corrected chi connectivity index (χ4v) is 2.21. The summed E-state index contributed by atoms with van der Waals surface area (Å²) in [5.74, 6) is 1.32. The van der Waals surface area contributed by atoms with Gasteiger partial charge in [-0.25, -0.2) is 4.98 Å². The lowest BCUT2D eigenvalue weighted by Gasteiger charge is -2.17. The summed E-state index contributed by atoms with van der Waals surface area (Å²) in [6, 6.07) is 7.48. The zero-order valence-corrected chi connectivity index (χ0v) is 10.0. The van der Waals surface area contributed by atoms with E-state index in [-0.39, 0.29) is 0 Å². The maximum atomic E-state index is 8.76. The molecule has 1 aliphatic heterocycles. The summed E-state index contributed by atoms with van der Waals surface area (Å²) in [5.41, 5.74) is 0.449. The van der Waals surface area contributed by atoms with Crippen molar-refractivity contribution in [2.24, 2.45) is 5.92 Å². The third kappa shape index (κ3) is 2.95. The van der Waals surface area contributed by atoms with Crippen molar-refractivity contribution in [3.8, 4) is 6.07 Å². The monoisotopic (exact) mass is 231 g/mol. The minimum Gasteiger partial charge on any atom is -0.378 e. The number of nitrogens with zero attached hydrogens (tertiary/aromatic N) is 2. The molecule has 0 bridgehead atoms. The van der Waals surface area contributed by atoms with Crippen molar-refractivity contribution in [3.05, 3.63) is 23.9 Å². The topological polar surface area (TPSA) is 57.9 Å². The Balaban J connectivity index is 1.91. The van der Waals surface area contributed by atoms with E-state index in [9.17, 15) is 0 Å². The minimum absolute atomic E-state index is 0.363. The van der Waals surface area contributed by atoms with Gasteiger partial charge in [-0.1, -0.05) is 13.0 Å². The minimum atomic E-state index is 0.363. The molecule has 1 N–H and O–H groups in total. The zero-order valence-electron chi connectivity index (χ0n) is 10.0. The predicted molar refractivity (Wildman–Crippen MR) is 65.6 cm³/mol. The molecule has 2 heterocycles. The number of nitrogens with one attached hydrogen (secondary N) is 1. The molecule has 1 aromatic rings. The molecule has 2 rings (SSSR count). The zero-order chi connectivity index (χ0) is 12.1. The smallest absolute Gasteiger partial charge is 0.142 e. The Morgan fingerprint density at radius 3 is 3.24 bits per heavy atom. The van der Waals surface area contributed by atoms with Crippen molar-refractivity contribution in [1.29, 1.82) is 5.26 Å². The van der Waals surface area contributed by atoms with Crippen LogP contribution in [-0.4, -0.2) is 24.2 Å². The maximum Gasteiger partial charge on any atom is 0.142 e. The molecule has 2 atom stereocenters. The first kappa shape index (κ1) is 11.9. The molecule has 1 fully saturated rings. The molecule has 90 valence electrons. The van der Waals surface area contributed by atoms with Crippen LogP contribution in [0.3, 0.4) is 0 Å². The SMILES string of the molecule is CCC1OCCC1CNc1cccc(C#N)n1. The lowest BCUT2D eigenvalue weighted by molar-refractivity contribution is 0.0900. The normalized spacial score (nSPS) is 23.3. The molecule has 0 radical (unpaired) electrons. The van der Waals surface area contributed by atoms with Crippen molar-refractivity contribution in [2.45, 2.75) is 25.9 Å². The van der Waals surface area contributed by atoms with E-state index in [1.165, 1.54) is 0 Å². The number of aromatic nitrogens is 1. The van der Waals surface area contributed by atoms with Crippen LogP contribution in [0.1, 0.15) is 25.5 Å². The summed E-state index contributed by atoms with van der Waals surface area (Å²) in [4.78, 5) is 4.19. The van der Waals surface area contributed by atoms with Gasteiger partial charge in [0.2, 0.25) is 0 Å². The fraction of sp³-hybridized carbons (Fsp3) is 0.538. The molecule has 1 aliphatic rings. The summed E-state index contributed by atoms with van der Waals surface area (Å²) in [6.07, 6.45) is 2.52. The summed E-state index contributed by atoms with van der Waals surface area (Å²) in [5, 5.41) is 12.0. The van der Waals surface area contributed by atoms with Gasteiger partial charge in [0.1, 0.15) is 17.6 Å². The quantitative estimate of drug-likeness (QED) is 0.862. The first-order valence-corrected chi connectivity index (χ1v) is 6.06. The first-order chi connectivity index (χ1) is 8.33. The van der Waals surface area contributed by atoms with Crippen molar-refractivity contribution < 1.29 is 4.74 Å². The van der Waals surface area contributed by atoms with Crippen molar-refractivity contribution in [3.63, 3.8) is 0 Å². The largest absolute Gasteiger partial charge is 0.378 e. The number of hydrogen-bond donors (Lipinski definition) is 1. The van der Waals surface area contributed by atoms with Crippen LogP contribution in [0.15, 0.2) is 18.2 Å². The van der Waals surface area contributed by atoms with Gasteiger partial charge in [-0.2, -0.15) is 5.26 Å². The molecule has 4 nitrogen and oxygen atoms in total. The number of ether oxygens (including phenoxy) is 1. The van der Waals surface area contributed by atoms with E-state index in [1.807, 2.05) is 18.2 Å². The Morgan fingerprint density at radius 1 is 1.59 bits per heavy atom. The molecule has 2 unspecified atom stereocenters. The van der Waals surface area contributed by atoms with Crippen LogP contribution in [0.5, 0.6) is 0 Å². The van der Waals surface area contributed by atoms with Gasteiger partial charge in [0.05, 0.1) is 6.10 Å². The Morgan fingerprint density at radius 2 is 2.47 bits per heavy atom.